The summed E-state index contributed by atoms with van der Waals surface area (Å²) in [6.07, 6.45) is 12.0. The summed E-state index contributed by atoms with van der Waals surface area (Å²) in [6.45, 7) is 12.9. The average molecular weight is 413 g/mol. The Morgan fingerprint density at radius 3 is 2.93 bits per heavy atom. The fraction of sp³-hybridized carbons (Fsp3) is 0.591. The average Bonchev–Trinajstić information content (AvgIpc) is 2.95. The third-order valence-corrected chi connectivity index (χ3v) is 6.95. The van der Waals surface area contributed by atoms with Crippen molar-refractivity contribution in [3.05, 3.63) is 36.1 Å². The molecule has 2 aliphatic heterocycles. The summed E-state index contributed by atoms with van der Waals surface area (Å²) in [5, 5.41) is 9.25. The molecule has 7 heteroatoms. The van der Waals surface area contributed by atoms with Crippen LogP contribution in [0.5, 0.6) is 0 Å². The Balaban J connectivity index is 1.66. The maximum atomic E-state index is 12.5. The molecule has 0 aromatic heterocycles. The quantitative estimate of drug-likeness (QED) is 0.652. The summed E-state index contributed by atoms with van der Waals surface area (Å²) in [4.78, 5) is 21.0. The minimum absolute atomic E-state index is 0.138. The van der Waals surface area contributed by atoms with Gasteiger partial charge in [-0.15, -0.1) is 0 Å². The van der Waals surface area contributed by atoms with E-state index < -0.39 is 8.07 Å². The van der Waals surface area contributed by atoms with Gasteiger partial charge in [0.2, 0.25) is 0 Å². The largest absolute Gasteiger partial charge is 0.441 e. The molecule has 0 aromatic carbocycles. The molecule has 1 saturated heterocycles. The molecule has 1 saturated carbocycles. The molecule has 2 fully saturated rings. The van der Waals surface area contributed by atoms with E-state index >= 15 is 0 Å². The third kappa shape index (κ3) is 5.83. The van der Waals surface area contributed by atoms with Crippen LogP contribution in [0.3, 0.4) is 0 Å². The van der Waals surface area contributed by atoms with Gasteiger partial charge in [-0.3, -0.25) is 0 Å². The van der Waals surface area contributed by atoms with Crippen molar-refractivity contribution < 1.29 is 9.53 Å². The highest BCUT2D eigenvalue weighted by Crippen LogP contribution is 2.40. The molecule has 156 valence electrons. The highest BCUT2D eigenvalue weighted by molar-refractivity contribution is 6.76. The maximum Gasteiger partial charge on any atom is 0.410 e. The second-order valence-electron chi connectivity index (χ2n) is 9.72. The number of carbonyl (C=O) groups excluding carboxylic acids is 1. The van der Waals surface area contributed by atoms with Crippen LogP contribution in [0.4, 0.5) is 4.79 Å². The molecule has 0 unspecified atom stereocenters. The van der Waals surface area contributed by atoms with E-state index in [0.717, 1.165) is 44.9 Å². The highest BCUT2D eigenvalue weighted by atomic mass is 28.3. The minimum atomic E-state index is -1.38. The number of nitrogens with zero attached hydrogens (tertiary/aromatic N) is 4. The molecule has 3 rings (SSSR count). The Bertz CT molecular complexity index is 790. The summed E-state index contributed by atoms with van der Waals surface area (Å²) >= 11 is 0. The first kappa shape index (κ1) is 21.4. The first-order chi connectivity index (χ1) is 13.7. The van der Waals surface area contributed by atoms with Crippen LogP contribution in [-0.4, -0.2) is 61.7 Å². The van der Waals surface area contributed by atoms with E-state index in [2.05, 4.69) is 42.2 Å². The van der Waals surface area contributed by atoms with Gasteiger partial charge in [0, 0.05) is 24.8 Å². The molecule has 0 bridgehead atoms. The number of allylic oxidation sites excluding steroid dienone is 3. The van der Waals surface area contributed by atoms with Crippen LogP contribution < -0.4 is 0 Å². The minimum Gasteiger partial charge on any atom is -0.441 e. The molecule has 29 heavy (non-hydrogen) atoms. The normalized spacial score (nSPS) is 31.9. The molecule has 0 radical (unpaired) electrons. The second-order valence-corrected chi connectivity index (χ2v) is 15.2. The number of rotatable bonds is 4. The van der Waals surface area contributed by atoms with E-state index in [-0.39, 0.29) is 11.7 Å². The molecule has 6 nitrogen and oxygen atoms in total. The van der Waals surface area contributed by atoms with Gasteiger partial charge in [0.15, 0.2) is 0 Å². The number of amides is 1. The van der Waals surface area contributed by atoms with Crippen molar-refractivity contribution in [2.45, 2.75) is 50.9 Å². The highest BCUT2D eigenvalue weighted by Gasteiger charge is 2.48. The van der Waals surface area contributed by atoms with Gasteiger partial charge in [0.1, 0.15) is 5.60 Å². The van der Waals surface area contributed by atoms with Crippen molar-refractivity contribution in [1.82, 2.24) is 9.80 Å². The second kappa shape index (κ2) is 8.58. The van der Waals surface area contributed by atoms with Crippen LogP contribution >= 0.6 is 0 Å². The van der Waals surface area contributed by atoms with Crippen molar-refractivity contribution in [3.8, 4) is 6.07 Å². The van der Waals surface area contributed by atoms with Crippen molar-refractivity contribution in [2.75, 3.05) is 25.8 Å². The fourth-order valence-corrected chi connectivity index (χ4v) is 5.86. The molecular formula is C22H32N4O2Si. The monoisotopic (exact) mass is 412 g/mol. The molecule has 3 aliphatic rings. The van der Waals surface area contributed by atoms with E-state index in [1.165, 1.54) is 0 Å². The lowest BCUT2D eigenvalue weighted by Crippen LogP contribution is -2.45. The van der Waals surface area contributed by atoms with Gasteiger partial charge in [-0.25, -0.2) is 9.79 Å². The zero-order valence-electron chi connectivity index (χ0n) is 17.9. The van der Waals surface area contributed by atoms with Crippen LogP contribution in [0.1, 0.15) is 25.7 Å². The Hall–Kier alpha value is -2.33. The zero-order chi connectivity index (χ0) is 21.1. The van der Waals surface area contributed by atoms with Crippen LogP contribution in [0.2, 0.25) is 19.6 Å². The van der Waals surface area contributed by atoms with Crippen molar-refractivity contribution in [1.29, 1.82) is 5.26 Å². The Morgan fingerprint density at radius 1 is 1.41 bits per heavy atom. The smallest absolute Gasteiger partial charge is 0.410 e. The molecule has 1 spiro atoms. The van der Waals surface area contributed by atoms with E-state index in [1.807, 2.05) is 17.3 Å². The lowest BCUT2D eigenvalue weighted by molar-refractivity contribution is 0.00410. The number of aliphatic imine (C=N–C) groups is 1. The van der Waals surface area contributed by atoms with E-state index in [1.54, 1.807) is 12.2 Å². The van der Waals surface area contributed by atoms with Crippen molar-refractivity contribution in [2.24, 2.45) is 10.9 Å². The SMILES string of the molecule is C=C1/C=C\C(C#N)=C/CN(C[C@H]2CCC[C@]3(C2)CN(C[Si](C)(C)C)C(=O)O3)/C=N\1. The summed E-state index contributed by atoms with van der Waals surface area (Å²) in [5.41, 5.74) is 0.910. The first-order valence-electron chi connectivity index (χ1n) is 10.4. The summed E-state index contributed by atoms with van der Waals surface area (Å²) in [7, 11) is -1.38. The predicted octanol–water partition coefficient (Wildman–Crippen LogP) is 4.11. The molecule has 2 heterocycles. The van der Waals surface area contributed by atoms with Gasteiger partial charge in [0.25, 0.3) is 0 Å². The van der Waals surface area contributed by atoms with E-state index in [4.69, 9.17) is 4.74 Å². The summed E-state index contributed by atoms with van der Waals surface area (Å²) in [5.74, 6) is 0.427. The molecule has 0 N–H and O–H groups in total. The number of hydrogen-bond acceptors (Lipinski definition) is 5. The first-order valence-corrected chi connectivity index (χ1v) is 14.1. The number of ether oxygens (including phenoxy) is 1. The topological polar surface area (TPSA) is 68.9 Å². The lowest BCUT2D eigenvalue weighted by atomic mass is 9.78. The summed E-state index contributed by atoms with van der Waals surface area (Å²) in [6, 6.07) is 2.20. The Morgan fingerprint density at radius 2 is 2.21 bits per heavy atom. The van der Waals surface area contributed by atoms with Crippen molar-refractivity contribution in [3.63, 3.8) is 0 Å². The van der Waals surface area contributed by atoms with Gasteiger partial charge in [-0.2, -0.15) is 5.26 Å². The number of carbonyl (C=O) groups is 1. The molecule has 2 atom stereocenters. The Labute approximate surface area is 175 Å². The van der Waals surface area contributed by atoms with Gasteiger partial charge in [-0.05, 0) is 49.8 Å². The van der Waals surface area contributed by atoms with Crippen molar-refractivity contribution >= 4 is 20.5 Å². The zero-order valence-corrected chi connectivity index (χ0v) is 18.9. The number of nitriles is 1. The molecule has 1 amide bonds. The van der Waals surface area contributed by atoms with Gasteiger partial charge in [0.05, 0.1) is 32.7 Å². The lowest BCUT2D eigenvalue weighted by Gasteiger charge is -2.37. The van der Waals surface area contributed by atoms with Crippen LogP contribution in [0.25, 0.3) is 0 Å². The number of hydrogen-bond donors (Lipinski definition) is 0. The Kier molecular flexibility index (Phi) is 6.32. The van der Waals surface area contributed by atoms with Crippen LogP contribution in [0, 0.1) is 17.2 Å². The van der Waals surface area contributed by atoms with Crippen LogP contribution in [-0.2, 0) is 4.74 Å². The van der Waals surface area contributed by atoms with Gasteiger partial charge < -0.3 is 14.5 Å². The standard InChI is InChI=1S/C22H32N4O2Si/c1-18-7-8-19(13-23)9-11-25(16-24-18)14-20-6-5-10-22(12-20)15-26(21(27)28-22)17-29(2,3)4/h7-9,16,20H,1,5-6,10-12,14-15,17H2,2-4H3/b8-7-,19-9+,24-16-/t20-,22-/m0/s1. The third-order valence-electron chi connectivity index (χ3n) is 5.62. The molecular weight excluding hydrogens is 380 g/mol. The molecule has 1 aliphatic carbocycles. The maximum absolute atomic E-state index is 12.5. The van der Waals surface area contributed by atoms with Crippen LogP contribution in [0.15, 0.2) is 41.1 Å². The van der Waals surface area contributed by atoms with Gasteiger partial charge in [-0.1, -0.05) is 26.2 Å². The van der Waals surface area contributed by atoms with E-state index in [9.17, 15) is 10.1 Å². The van der Waals surface area contributed by atoms with Gasteiger partial charge >= 0.3 is 6.09 Å². The van der Waals surface area contributed by atoms with E-state index in [0.29, 0.717) is 23.7 Å². The fourth-order valence-electron chi connectivity index (χ4n) is 4.47. The predicted molar refractivity (Wildman–Crippen MR) is 118 cm³/mol. The molecule has 0 aromatic rings. The summed E-state index contributed by atoms with van der Waals surface area (Å²) < 4.78 is 5.96.